The second-order valence-electron chi connectivity index (χ2n) is 3.06. The van der Waals surface area contributed by atoms with Gasteiger partial charge in [-0.1, -0.05) is 0 Å². The number of anilines is 1. The Morgan fingerprint density at radius 3 is 2.59 bits per heavy atom. The van der Waals surface area contributed by atoms with Crippen molar-refractivity contribution in [1.82, 2.24) is 9.97 Å². The zero-order valence-corrected chi connectivity index (χ0v) is 8.32. The van der Waals surface area contributed by atoms with Crippen LogP contribution in [0.25, 0.3) is 0 Å². The van der Waals surface area contributed by atoms with Crippen molar-refractivity contribution in [2.75, 3.05) is 5.73 Å². The molecule has 7 heteroatoms. The molecular weight excluding hydrogens is 235 g/mol. The highest BCUT2D eigenvalue weighted by molar-refractivity contribution is 5.31. The molecule has 0 saturated carbocycles. The second kappa shape index (κ2) is 4.28. The second-order valence-corrected chi connectivity index (χ2v) is 3.06. The van der Waals surface area contributed by atoms with Gasteiger partial charge in [0.1, 0.15) is 5.82 Å². The van der Waals surface area contributed by atoms with Gasteiger partial charge in [-0.05, 0) is 12.1 Å². The van der Waals surface area contributed by atoms with Gasteiger partial charge in [0, 0.05) is 6.07 Å². The Kier molecular flexibility index (Phi) is 2.82. The first-order valence-electron chi connectivity index (χ1n) is 4.47. The lowest BCUT2D eigenvalue weighted by atomic mass is 10.3. The van der Waals surface area contributed by atoms with Crippen molar-refractivity contribution in [1.29, 1.82) is 0 Å². The molecule has 0 fully saturated rings. The Morgan fingerprint density at radius 1 is 1.12 bits per heavy atom. The van der Waals surface area contributed by atoms with Gasteiger partial charge in [0.15, 0.2) is 11.6 Å². The van der Waals surface area contributed by atoms with Crippen LogP contribution in [0, 0.1) is 17.5 Å². The fourth-order valence-corrected chi connectivity index (χ4v) is 1.10. The largest absolute Gasteiger partial charge is 0.433 e. The summed E-state index contributed by atoms with van der Waals surface area (Å²) in [6.45, 7) is 0. The number of nitrogens with two attached hydrogens (primary N) is 1. The lowest BCUT2D eigenvalue weighted by molar-refractivity contribution is 0.395. The summed E-state index contributed by atoms with van der Waals surface area (Å²) in [6.07, 6.45) is 0.791. The molecule has 0 aliphatic heterocycles. The fraction of sp³-hybridized carbons (Fsp3) is 0. The van der Waals surface area contributed by atoms with Crippen LogP contribution in [-0.2, 0) is 0 Å². The summed E-state index contributed by atoms with van der Waals surface area (Å²) in [6, 6.07) is 2.60. The first kappa shape index (κ1) is 11.2. The number of aromatic nitrogens is 2. The number of hydrogen-bond acceptors (Lipinski definition) is 4. The highest BCUT2D eigenvalue weighted by atomic mass is 19.1. The van der Waals surface area contributed by atoms with Crippen LogP contribution in [0.15, 0.2) is 24.4 Å². The summed E-state index contributed by atoms with van der Waals surface area (Å²) < 4.78 is 43.8. The van der Waals surface area contributed by atoms with E-state index in [4.69, 9.17) is 10.5 Å². The fourth-order valence-electron chi connectivity index (χ4n) is 1.10. The van der Waals surface area contributed by atoms with Crippen molar-refractivity contribution in [3.8, 4) is 11.6 Å². The van der Waals surface area contributed by atoms with Crippen LogP contribution >= 0.6 is 0 Å². The minimum absolute atomic E-state index is 0.219. The SMILES string of the molecule is Nc1ncc(F)c(Oc2ccc(F)cc2F)n1. The molecule has 0 bridgehead atoms. The topological polar surface area (TPSA) is 61.0 Å². The summed E-state index contributed by atoms with van der Waals surface area (Å²) in [4.78, 5) is 6.82. The molecule has 0 aliphatic carbocycles. The Bertz CT molecular complexity index is 562. The van der Waals surface area contributed by atoms with E-state index in [1.165, 1.54) is 0 Å². The molecule has 0 radical (unpaired) electrons. The minimum Gasteiger partial charge on any atom is -0.433 e. The molecule has 0 spiro atoms. The molecule has 2 rings (SSSR count). The number of hydrogen-bond donors (Lipinski definition) is 1. The molecule has 1 aromatic carbocycles. The number of halogens is 3. The number of nitrogen functional groups attached to an aromatic ring is 1. The maximum atomic E-state index is 13.2. The molecule has 1 heterocycles. The van der Waals surface area contributed by atoms with Crippen LogP contribution in [0.4, 0.5) is 19.1 Å². The third-order valence-corrected chi connectivity index (χ3v) is 1.83. The first-order valence-corrected chi connectivity index (χ1v) is 4.47. The Morgan fingerprint density at radius 2 is 1.88 bits per heavy atom. The Balaban J connectivity index is 2.34. The number of nitrogens with zero attached hydrogens (tertiary/aromatic N) is 2. The molecule has 17 heavy (non-hydrogen) atoms. The van der Waals surface area contributed by atoms with Crippen molar-refractivity contribution in [3.63, 3.8) is 0 Å². The van der Waals surface area contributed by atoms with Crippen molar-refractivity contribution in [2.24, 2.45) is 0 Å². The molecule has 2 aromatic rings. The zero-order valence-electron chi connectivity index (χ0n) is 8.32. The van der Waals surface area contributed by atoms with Crippen LogP contribution in [0.3, 0.4) is 0 Å². The number of benzene rings is 1. The van der Waals surface area contributed by atoms with Crippen molar-refractivity contribution >= 4 is 5.95 Å². The molecule has 0 unspecified atom stereocenters. The third-order valence-electron chi connectivity index (χ3n) is 1.83. The van der Waals surface area contributed by atoms with Gasteiger partial charge in [-0.3, -0.25) is 0 Å². The molecule has 0 aliphatic rings. The molecule has 88 valence electrons. The van der Waals surface area contributed by atoms with Crippen LogP contribution in [0.5, 0.6) is 11.6 Å². The number of ether oxygens (including phenoxy) is 1. The summed E-state index contributed by atoms with van der Waals surface area (Å²) in [5, 5.41) is 0. The van der Waals surface area contributed by atoms with E-state index in [9.17, 15) is 13.2 Å². The Labute approximate surface area is 93.9 Å². The lowest BCUT2D eigenvalue weighted by Crippen LogP contribution is -2.00. The summed E-state index contributed by atoms with van der Waals surface area (Å²) in [7, 11) is 0. The molecule has 1 aromatic heterocycles. The van der Waals surface area contributed by atoms with Gasteiger partial charge in [-0.2, -0.15) is 9.37 Å². The maximum Gasteiger partial charge on any atom is 0.260 e. The molecule has 0 amide bonds. The number of rotatable bonds is 2. The first-order chi connectivity index (χ1) is 8.06. The smallest absolute Gasteiger partial charge is 0.260 e. The lowest BCUT2D eigenvalue weighted by Gasteiger charge is -2.06. The van der Waals surface area contributed by atoms with E-state index in [0.717, 1.165) is 18.3 Å². The molecule has 2 N–H and O–H groups in total. The zero-order chi connectivity index (χ0) is 12.4. The summed E-state index contributed by atoms with van der Waals surface area (Å²) in [5.41, 5.74) is 5.22. The van der Waals surface area contributed by atoms with Crippen LogP contribution < -0.4 is 10.5 Å². The van der Waals surface area contributed by atoms with E-state index in [0.29, 0.717) is 6.07 Å². The van der Waals surface area contributed by atoms with Gasteiger partial charge in [-0.25, -0.2) is 13.8 Å². The predicted octanol–water partition coefficient (Wildman–Crippen LogP) is 2.27. The highest BCUT2D eigenvalue weighted by Gasteiger charge is 2.11. The van der Waals surface area contributed by atoms with Crippen molar-refractivity contribution in [2.45, 2.75) is 0 Å². The van der Waals surface area contributed by atoms with Crippen molar-refractivity contribution in [3.05, 3.63) is 41.8 Å². The van der Waals surface area contributed by atoms with Crippen LogP contribution in [0.1, 0.15) is 0 Å². The standard InChI is InChI=1S/C10H6F3N3O/c11-5-1-2-8(6(12)3-5)17-9-7(13)4-15-10(14)16-9/h1-4H,(H2,14,15,16). The van der Waals surface area contributed by atoms with E-state index in [2.05, 4.69) is 9.97 Å². The van der Waals surface area contributed by atoms with Gasteiger partial charge in [-0.15, -0.1) is 0 Å². The predicted molar refractivity (Wildman–Crippen MR) is 52.8 cm³/mol. The van der Waals surface area contributed by atoms with Crippen molar-refractivity contribution < 1.29 is 17.9 Å². The van der Waals surface area contributed by atoms with E-state index in [-0.39, 0.29) is 11.7 Å². The van der Waals surface area contributed by atoms with Crippen LogP contribution in [0.2, 0.25) is 0 Å². The molecule has 0 atom stereocenters. The minimum atomic E-state index is -0.971. The summed E-state index contributed by atoms with van der Waals surface area (Å²) >= 11 is 0. The quantitative estimate of drug-likeness (QED) is 0.876. The average molecular weight is 241 g/mol. The van der Waals surface area contributed by atoms with E-state index >= 15 is 0 Å². The van der Waals surface area contributed by atoms with E-state index in [1.54, 1.807) is 0 Å². The van der Waals surface area contributed by atoms with Gasteiger partial charge in [0.25, 0.3) is 5.88 Å². The van der Waals surface area contributed by atoms with Crippen LogP contribution in [-0.4, -0.2) is 9.97 Å². The van der Waals surface area contributed by atoms with E-state index < -0.39 is 23.3 Å². The average Bonchev–Trinajstić information content (AvgIpc) is 2.27. The molecule has 4 nitrogen and oxygen atoms in total. The van der Waals surface area contributed by atoms with Gasteiger partial charge in [0.2, 0.25) is 11.8 Å². The summed E-state index contributed by atoms with van der Waals surface area (Å²) in [5.74, 6) is -3.74. The monoisotopic (exact) mass is 241 g/mol. The normalized spacial score (nSPS) is 10.3. The van der Waals surface area contributed by atoms with Gasteiger partial charge >= 0.3 is 0 Å². The Hall–Kier alpha value is -2.31. The van der Waals surface area contributed by atoms with Gasteiger partial charge < -0.3 is 10.5 Å². The molecular formula is C10H6F3N3O. The third kappa shape index (κ3) is 2.44. The van der Waals surface area contributed by atoms with Gasteiger partial charge in [0.05, 0.1) is 6.20 Å². The maximum absolute atomic E-state index is 13.2. The van der Waals surface area contributed by atoms with E-state index in [1.807, 2.05) is 0 Å². The highest BCUT2D eigenvalue weighted by Crippen LogP contribution is 2.25. The molecule has 0 saturated heterocycles.